The quantitative estimate of drug-likeness (QED) is 0.245. The van der Waals surface area contributed by atoms with Crippen LogP contribution in [0, 0.1) is 0 Å². The zero-order chi connectivity index (χ0) is 24.6. The zero-order valence-corrected chi connectivity index (χ0v) is 20.8. The number of unbranched alkanes of at least 4 members (excludes halogenated alkanes) is 8. The van der Waals surface area contributed by atoms with Crippen LogP contribution in [0.4, 0.5) is 0 Å². The lowest BCUT2D eigenvalue weighted by atomic mass is 10.1. The van der Waals surface area contributed by atoms with Crippen molar-refractivity contribution in [1.29, 1.82) is 0 Å². The molecule has 1 aromatic carbocycles. The van der Waals surface area contributed by atoms with Crippen LogP contribution in [0.25, 0.3) is 11.3 Å². The fraction of sp³-hybridized carbons (Fsp3) is 0.593. The molecular weight excluding hydrogens is 430 g/mol. The maximum Gasteiger partial charge on any atom is 0.335 e. The molecule has 0 aliphatic heterocycles. The topological polar surface area (TPSA) is 104 Å². The highest BCUT2D eigenvalue weighted by Crippen LogP contribution is 2.21. The predicted molar refractivity (Wildman–Crippen MR) is 135 cm³/mol. The summed E-state index contributed by atoms with van der Waals surface area (Å²) in [5, 5.41) is 15.5. The highest BCUT2D eigenvalue weighted by molar-refractivity contribution is 5.88. The van der Waals surface area contributed by atoms with Crippen LogP contribution in [0.2, 0.25) is 0 Å². The third-order valence-electron chi connectivity index (χ3n) is 5.92. The van der Waals surface area contributed by atoms with Crippen LogP contribution in [-0.4, -0.2) is 41.1 Å². The van der Waals surface area contributed by atoms with E-state index in [2.05, 4.69) is 29.5 Å². The molecule has 0 saturated carbocycles. The van der Waals surface area contributed by atoms with Crippen molar-refractivity contribution >= 4 is 11.9 Å². The SMILES string of the molecule is CCCCCCCCN[C@@H](Cc1ncc(-c2ccc(C(=O)O)cc2)o1)C(=O)NCCCCCC. The molecule has 3 N–H and O–H groups in total. The van der Waals surface area contributed by atoms with Gasteiger partial charge in [-0.05, 0) is 31.5 Å². The van der Waals surface area contributed by atoms with Gasteiger partial charge in [-0.1, -0.05) is 77.3 Å². The number of carbonyl (C=O) groups is 2. The molecule has 7 heteroatoms. The van der Waals surface area contributed by atoms with Crippen LogP contribution in [0.3, 0.4) is 0 Å². The zero-order valence-electron chi connectivity index (χ0n) is 20.8. The molecule has 1 atom stereocenters. The third-order valence-corrected chi connectivity index (χ3v) is 5.92. The highest BCUT2D eigenvalue weighted by Gasteiger charge is 2.21. The van der Waals surface area contributed by atoms with Crippen molar-refractivity contribution in [3.63, 3.8) is 0 Å². The molecule has 2 rings (SSSR count). The number of benzene rings is 1. The normalized spacial score (nSPS) is 11.9. The number of hydrogen-bond acceptors (Lipinski definition) is 5. The number of nitrogens with zero attached hydrogens (tertiary/aromatic N) is 1. The van der Waals surface area contributed by atoms with E-state index in [1.807, 2.05) is 0 Å². The number of hydrogen-bond donors (Lipinski definition) is 3. The van der Waals surface area contributed by atoms with E-state index >= 15 is 0 Å². The highest BCUT2D eigenvalue weighted by atomic mass is 16.4. The summed E-state index contributed by atoms with van der Waals surface area (Å²) in [5.74, 6) is 0.0540. The molecule has 1 heterocycles. The van der Waals surface area contributed by atoms with Gasteiger partial charge in [0.05, 0.1) is 17.8 Å². The van der Waals surface area contributed by atoms with E-state index in [1.165, 1.54) is 50.7 Å². The Balaban J connectivity index is 1.93. The number of oxazole rings is 1. The fourth-order valence-electron chi connectivity index (χ4n) is 3.82. The van der Waals surface area contributed by atoms with Crippen LogP contribution >= 0.6 is 0 Å². The van der Waals surface area contributed by atoms with Crippen LogP contribution in [-0.2, 0) is 11.2 Å². The maximum absolute atomic E-state index is 12.9. The average Bonchev–Trinajstić information content (AvgIpc) is 3.31. The largest absolute Gasteiger partial charge is 0.478 e. The molecule has 7 nitrogen and oxygen atoms in total. The molecule has 0 bridgehead atoms. The van der Waals surface area contributed by atoms with Crippen LogP contribution < -0.4 is 10.6 Å². The smallest absolute Gasteiger partial charge is 0.335 e. The van der Waals surface area contributed by atoms with Gasteiger partial charge < -0.3 is 20.2 Å². The standard InChI is InChI=1S/C27H41N3O4/c1-3-5-7-9-10-12-17-28-23(26(31)29-18-11-8-6-4-2)19-25-30-20-24(34-25)21-13-15-22(16-14-21)27(32)33/h13-16,20,23,28H,3-12,17-19H2,1-2H3,(H,29,31)(H,32,33)/t23-/m0/s1. The molecule has 1 amide bonds. The molecule has 0 aliphatic rings. The van der Waals surface area contributed by atoms with Gasteiger partial charge >= 0.3 is 5.97 Å². The van der Waals surface area contributed by atoms with Crippen molar-refractivity contribution in [2.75, 3.05) is 13.1 Å². The first kappa shape index (κ1) is 27.6. The number of aromatic nitrogens is 1. The summed E-state index contributed by atoms with van der Waals surface area (Å²) in [5.41, 5.74) is 0.971. The summed E-state index contributed by atoms with van der Waals surface area (Å²) < 4.78 is 5.90. The Bertz CT molecular complexity index is 848. The van der Waals surface area contributed by atoms with Crippen molar-refractivity contribution in [2.45, 2.75) is 90.5 Å². The maximum atomic E-state index is 12.9. The Morgan fingerprint density at radius 1 is 0.912 bits per heavy atom. The van der Waals surface area contributed by atoms with Gasteiger partial charge in [-0.15, -0.1) is 0 Å². The second-order valence-electron chi connectivity index (χ2n) is 8.83. The summed E-state index contributed by atoms with van der Waals surface area (Å²) in [4.78, 5) is 28.3. The van der Waals surface area contributed by atoms with Gasteiger partial charge in [0.2, 0.25) is 5.91 Å². The van der Waals surface area contributed by atoms with Crippen LogP contribution in [0.15, 0.2) is 34.9 Å². The van der Waals surface area contributed by atoms with E-state index in [-0.39, 0.29) is 11.5 Å². The Morgan fingerprint density at radius 3 is 2.21 bits per heavy atom. The Hall–Kier alpha value is -2.67. The van der Waals surface area contributed by atoms with Crippen LogP contribution in [0.5, 0.6) is 0 Å². The number of carbonyl (C=O) groups excluding carboxylic acids is 1. The minimum atomic E-state index is -0.968. The lowest BCUT2D eigenvalue weighted by Crippen LogP contribution is -2.46. The summed E-state index contributed by atoms with van der Waals surface area (Å²) >= 11 is 0. The lowest BCUT2D eigenvalue weighted by molar-refractivity contribution is -0.123. The Kier molecular flexibility index (Phi) is 13.0. The molecule has 2 aromatic rings. The molecule has 0 radical (unpaired) electrons. The van der Waals surface area contributed by atoms with E-state index in [1.54, 1.807) is 18.3 Å². The number of nitrogens with one attached hydrogen (secondary N) is 2. The second kappa shape index (κ2) is 16.0. The van der Waals surface area contributed by atoms with Gasteiger partial charge in [-0.2, -0.15) is 0 Å². The number of carboxylic acids is 1. The number of amides is 1. The van der Waals surface area contributed by atoms with Crippen molar-refractivity contribution in [3.8, 4) is 11.3 Å². The molecule has 1 aromatic heterocycles. The second-order valence-corrected chi connectivity index (χ2v) is 8.83. The van der Waals surface area contributed by atoms with E-state index in [0.717, 1.165) is 37.8 Å². The third kappa shape index (κ3) is 10.1. The molecule has 0 aliphatic carbocycles. The van der Waals surface area contributed by atoms with Crippen LogP contribution in [0.1, 0.15) is 94.3 Å². The van der Waals surface area contributed by atoms with Crippen molar-refractivity contribution in [2.24, 2.45) is 0 Å². The van der Waals surface area contributed by atoms with Gasteiger partial charge in [0.1, 0.15) is 0 Å². The van der Waals surface area contributed by atoms with Crippen molar-refractivity contribution in [3.05, 3.63) is 41.9 Å². The number of carboxylic acid groups (broad SMARTS) is 1. The number of aromatic carboxylic acids is 1. The average molecular weight is 472 g/mol. The first-order chi connectivity index (χ1) is 16.5. The molecule has 34 heavy (non-hydrogen) atoms. The minimum absolute atomic E-state index is 0.0203. The summed E-state index contributed by atoms with van der Waals surface area (Å²) in [6.45, 7) is 5.85. The van der Waals surface area contributed by atoms with Crippen molar-refractivity contribution < 1.29 is 19.1 Å². The van der Waals surface area contributed by atoms with E-state index in [4.69, 9.17) is 9.52 Å². The Labute approximate surface area is 203 Å². The molecule has 0 saturated heterocycles. The predicted octanol–water partition coefficient (Wildman–Crippen LogP) is 5.60. The lowest BCUT2D eigenvalue weighted by Gasteiger charge is -2.17. The summed E-state index contributed by atoms with van der Waals surface area (Å²) in [6.07, 6.45) is 13.7. The first-order valence-corrected chi connectivity index (χ1v) is 12.8. The summed E-state index contributed by atoms with van der Waals surface area (Å²) in [7, 11) is 0. The van der Waals surface area contributed by atoms with Crippen molar-refractivity contribution in [1.82, 2.24) is 15.6 Å². The fourth-order valence-corrected chi connectivity index (χ4v) is 3.82. The van der Waals surface area contributed by atoms with Gasteiger partial charge in [0.15, 0.2) is 11.7 Å². The monoisotopic (exact) mass is 471 g/mol. The Morgan fingerprint density at radius 2 is 1.53 bits per heavy atom. The first-order valence-electron chi connectivity index (χ1n) is 12.8. The molecule has 0 spiro atoms. The molecule has 188 valence electrons. The number of rotatable bonds is 18. The van der Waals surface area contributed by atoms with Gasteiger partial charge in [-0.25, -0.2) is 9.78 Å². The van der Waals surface area contributed by atoms with E-state index < -0.39 is 12.0 Å². The molecule has 0 unspecified atom stereocenters. The van der Waals surface area contributed by atoms with Gasteiger partial charge in [0.25, 0.3) is 0 Å². The molecular formula is C27H41N3O4. The minimum Gasteiger partial charge on any atom is -0.478 e. The van der Waals surface area contributed by atoms with E-state index in [0.29, 0.717) is 24.6 Å². The van der Waals surface area contributed by atoms with Gasteiger partial charge in [-0.3, -0.25) is 4.79 Å². The summed E-state index contributed by atoms with van der Waals surface area (Å²) in [6, 6.07) is 6.08. The molecule has 0 fully saturated rings. The van der Waals surface area contributed by atoms with E-state index in [9.17, 15) is 9.59 Å². The van der Waals surface area contributed by atoms with Gasteiger partial charge in [0, 0.05) is 18.5 Å².